The van der Waals surface area contributed by atoms with Gasteiger partial charge in [0.2, 0.25) is 0 Å². The van der Waals surface area contributed by atoms with Gasteiger partial charge in [0, 0.05) is 21.7 Å². The van der Waals surface area contributed by atoms with E-state index in [1.165, 1.54) is 24.4 Å². The van der Waals surface area contributed by atoms with Gasteiger partial charge in [-0.05, 0) is 36.4 Å². The van der Waals surface area contributed by atoms with Crippen LogP contribution in [0.5, 0.6) is 11.5 Å². The number of hydrazone groups is 1. The van der Waals surface area contributed by atoms with E-state index in [9.17, 15) is 9.90 Å². The summed E-state index contributed by atoms with van der Waals surface area (Å²) in [6.07, 6.45) is 1.30. The van der Waals surface area contributed by atoms with E-state index in [-0.39, 0.29) is 17.4 Å². The number of carbonyl (C=O) groups excluding carboxylic acids is 1. The molecular formula is C14H11BrN2O3. The fourth-order valence-electron chi connectivity index (χ4n) is 1.47. The number of amides is 1. The molecule has 6 heteroatoms. The maximum Gasteiger partial charge on any atom is 0.271 e. The van der Waals surface area contributed by atoms with Gasteiger partial charge >= 0.3 is 0 Å². The lowest BCUT2D eigenvalue weighted by atomic mass is 10.2. The summed E-state index contributed by atoms with van der Waals surface area (Å²) in [5.41, 5.74) is 3.21. The summed E-state index contributed by atoms with van der Waals surface area (Å²) in [7, 11) is 0. The van der Waals surface area contributed by atoms with Gasteiger partial charge in [-0.25, -0.2) is 5.43 Å². The Balaban J connectivity index is 2.02. The number of aromatic hydroxyl groups is 2. The first-order chi connectivity index (χ1) is 9.56. The molecule has 0 aliphatic carbocycles. The molecule has 0 saturated carbocycles. The van der Waals surface area contributed by atoms with Crippen molar-refractivity contribution in [1.29, 1.82) is 0 Å². The lowest BCUT2D eigenvalue weighted by Crippen LogP contribution is -2.17. The van der Waals surface area contributed by atoms with E-state index in [2.05, 4.69) is 26.5 Å². The standard InChI is InChI=1S/C14H11BrN2O3/c15-11-4-1-9(2-5-11)14(20)17-16-8-10-3-6-12(18)7-13(10)19/h1-8,18-19H,(H,17,20). The zero-order chi connectivity index (χ0) is 14.5. The Kier molecular flexibility index (Phi) is 4.37. The van der Waals surface area contributed by atoms with Crippen LogP contribution in [-0.2, 0) is 0 Å². The number of nitrogens with zero attached hydrogens (tertiary/aromatic N) is 1. The Hall–Kier alpha value is -2.34. The second kappa shape index (κ2) is 6.21. The zero-order valence-corrected chi connectivity index (χ0v) is 11.8. The molecule has 0 bridgehead atoms. The number of benzene rings is 2. The van der Waals surface area contributed by atoms with Crippen LogP contribution in [0.1, 0.15) is 15.9 Å². The molecule has 0 spiro atoms. The van der Waals surface area contributed by atoms with E-state index in [4.69, 9.17) is 5.11 Å². The Morgan fingerprint density at radius 2 is 1.85 bits per heavy atom. The molecule has 0 atom stereocenters. The van der Waals surface area contributed by atoms with Crippen molar-refractivity contribution in [1.82, 2.24) is 5.43 Å². The number of rotatable bonds is 3. The highest BCUT2D eigenvalue weighted by Gasteiger charge is 2.03. The maximum atomic E-state index is 11.7. The first-order valence-electron chi connectivity index (χ1n) is 5.67. The molecule has 20 heavy (non-hydrogen) atoms. The summed E-state index contributed by atoms with van der Waals surface area (Å²) in [6.45, 7) is 0. The third-order valence-electron chi connectivity index (χ3n) is 2.49. The number of phenolic OH excluding ortho intramolecular Hbond substituents is 2. The smallest absolute Gasteiger partial charge is 0.271 e. The lowest BCUT2D eigenvalue weighted by molar-refractivity contribution is 0.0955. The molecule has 0 heterocycles. The second-order valence-corrected chi connectivity index (χ2v) is 4.86. The summed E-state index contributed by atoms with van der Waals surface area (Å²) < 4.78 is 0.881. The van der Waals surface area contributed by atoms with Crippen LogP contribution in [0.25, 0.3) is 0 Å². The van der Waals surface area contributed by atoms with Crippen molar-refractivity contribution < 1.29 is 15.0 Å². The third kappa shape index (κ3) is 3.58. The molecule has 0 unspecified atom stereocenters. The maximum absolute atomic E-state index is 11.7. The topological polar surface area (TPSA) is 81.9 Å². The van der Waals surface area contributed by atoms with Crippen LogP contribution in [0.3, 0.4) is 0 Å². The van der Waals surface area contributed by atoms with Crippen LogP contribution in [0.4, 0.5) is 0 Å². The molecule has 0 radical (unpaired) electrons. The molecular weight excluding hydrogens is 324 g/mol. The van der Waals surface area contributed by atoms with Crippen molar-refractivity contribution in [3.05, 3.63) is 58.1 Å². The van der Waals surface area contributed by atoms with Gasteiger partial charge < -0.3 is 10.2 Å². The molecule has 2 rings (SSSR count). The van der Waals surface area contributed by atoms with Crippen molar-refractivity contribution in [2.45, 2.75) is 0 Å². The molecule has 2 aromatic rings. The molecule has 102 valence electrons. The minimum Gasteiger partial charge on any atom is -0.508 e. The van der Waals surface area contributed by atoms with Crippen molar-refractivity contribution in [3.8, 4) is 11.5 Å². The Morgan fingerprint density at radius 3 is 2.50 bits per heavy atom. The summed E-state index contributed by atoms with van der Waals surface area (Å²) in [6, 6.07) is 10.9. The minimum absolute atomic E-state index is 0.0430. The molecule has 3 N–H and O–H groups in total. The van der Waals surface area contributed by atoms with E-state index in [1.807, 2.05) is 0 Å². The van der Waals surface area contributed by atoms with Gasteiger partial charge in [0.05, 0.1) is 6.21 Å². The number of hydrogen-bond acceptors (Lipinski definition) is 4. The lowest BCUT2D eigenvalue weighted by Gasteiger charge is -2.01. The van der Waals surface area contributed by atoms with Crippen LogP contribution < -0.4 is 5.43 Å². The van der Waals surface area contributed by atoms with Gasteiger partial charge in [0.15, 0.2) is 0 Å². The summed E-state index contributed by atoms with van der Waals surface area (Å²) >= 11 is 3.28. The van der Waals surface area contributed by atoms with E-state index < -0.39 is 0 Å². The average Bonchev–Trinajstić information content (AvgIpc) is 2.42. The molecule has 1 amide bonds. The largest absolute Gasteiger partial charge is 0.508 e. The number of hydrogen-bond donors (Lipinski definition) is 3. The van der Waals surface area contributed by atoms with Gasteiger partial charge in [-0.3, -0.25) is 4.79 Å². The summed E-state index contributed by atoms with van der Waals surface area (Å²) in [4.78, 5) is 11.7. The van der Waals surface area contributed by atoms with E-state index in [0.29, 0.717) is 11.1 Å². The van der Waals surface area contributed by atoms with Crippen molar-refractivity contribution in [3.63, 3.8) is 0 Å². The average molecular weight is 335 g/mol. The third-order valence-corrected chi connectivity index (χ3v) is 3.02. The SMILES string of the molecule is O=C(NN=Cc1ccc(O)cc1O)c1ccc(Br)cc1. The molecule has 2 aromatic carbocycles. The predicted octanol–water partition coefficient (Wildman–Crippen LogP) is 2.62. The highest BCUT2D eigenvalue weighted by atomic mass is 79.9. The first kappa shape index (κ1) is 14.1. The van der Waals surface area contributed by atoms with Crippen LogP contribution >= 0.6 is 15.9 Å². The van der Waals surface area contributed by atoms with Crippen LogP contribution in [0, 0.1) is 0 Å². The molecule has 0 aromatic heterocycles. The van der Waals surface area contributed by atoms with Crippen LogP contribution in [0.2, 0.25) is 0 Å². The fourth-order valence-corrected chi connectivity index (χ4v) is 1.73. The first-order valence-corrected chi connectivity index (χ1v) is 6.46. The van der Waals surface area contributed by atoms with Crippen LogP contribution in [0.15, 0.2) is 52.0 Å². The molecule has 0 aliphatic rings. The summed E-state index contributed by atoms with van der Waals surface area (Å²) in [5, 5.41) is 22.4. The van der Waals surface area contributed by atoms with Gasteiger partial charge in [0.1, 0.15) is 11.5 Å². The Bertz CT molecular complexity index is 654. The van der Waals surface area contributed by atoms with Gasteiger partial charge in [0.25, 0.3) is 5.91 Å². The van der Waals surface area contributed by atoms with E-state index in [0.717, 1.165) is 4.47 Å². The Labute approximate surface area is 123 Å². The number of phenols is 2. The zero-order valence-electron chi connectivity index (χ0n) is 10.2. The minimum atomic E-state index is -0.355. The summed E-state index contributed by atoms with van der Waals surface area (Å²) in [5.74, 6) is -0.516. The highest BCUT2D eigenvalue weighted by Crippen LogP contribution is 2.20. The van der Waals surface area contributed by atoms with Crippen molar-refractivity contribution in [2.24, 2.45) is 5.10 Å². The van der Waals surface area contributed by atoms with Crippen molar-refractivity contribution in [2.75, 3.05) is 0 Å². The monoisotopic (exact) mass is 334 g/mol. The van der Waals surface area contributed by atoms with Crippen molar-refractivity contribution >= 4 is 28.1 Å². The van der Waals surface area contributed by atoms with Gasteiger partial charge in [-0.15, -0.1) is 0 Å². The van der Waals surface area contributed by atoms with Gasteiger partial charge in [-0.2, -0.15) is 5.10 Å². The van der Waals surface area contributed by atoms with Gasteiger partial charge in [-0.1, -0.05) is 15.9 Å². The second-order valence-electron chi connectivity index (χ2n) is 3.95. The number of halogens is 1. The highest BCUT2D eigenvalue weighted by molar-refractivity contribution is 9.10. The Morgan fingerprint density at radius 1 is 1.15 bits per heavy atom. The quantitative estimate of drug-likeness (QED) is 0.596. The number of carbonyl (C=O) groups is 1. The van der Waals surface area contributed by atoms with E-state index in [1.54, 1.807) is 24.3 Å². The molecule has 0 fully saturated rings. The predicted molar refractivity (Wildman–Crippen MR) is 79.0 cm³/mol. The molecule has 0 saturated heterocycles. The normalized spacial score (nSPS) is 10.7. The fraction of sp³-hybridized carbons (Fsp3) is 0. The molecule has 5 nitrogen and oxygen atoms in total. The van der Waals surface area contributed by atoms with Crippen LogP contribution in [-0.4, -0.2) is 22.3 Å². The van der Waals surface area contributed by atoms with E-state index >= 15 is 0 Å². The number of nitrogens with one attached hydrogen (secondary N) is 1. The molecule has 0 aliphatic heterocycles.